The monoisotopic (exact) mass is 411 g/mol. The fourth-order valence-electron chi connectivity index (χ4n) is 0.343. The summed E-state index contributed by atoms with van der Waals surface area (Å²) in [6.07, 6.45) is 0. The van der Waals surface area contributed by atoms with Crippen LogP contribution in [0, 0.1) is 0 Å². The molecule has 0 atom stereocenters. The number of hydrogen-bond donors (Lipinski definition) is 3. The third kappa shape index (κ3) is 45.0. The predicted molar refractivity (Wildman–Crippen MR) is 95.6 cm³/mol. The van der Waals surface area contributed by atoms with Crippen LogP contribution in [0.3, 0.4) is 0 Å². The Morgan fingerprint density at radius 3 is 0.571 bits per heavy atom. The molecule has 0 aliphatic heterocycles. The molecule has 1 rings (SSSR count). The zero-order chi connectivity index (χ0) is 6.85. The normalized spacial score (nSPS) is 4.14. The van der Waals surface area contributed by atoms with Crippen LogP contribution in [0.25, 0.3) is 0 Å². The minimum atomic E-state index is 0. The predicted octanol–water partition coefficient (Wildman–Crippen LogP) is -8.63. The molecule has 0 saturated carbocycles. The van der Waals surface area contributed by atoms with Gasteiger partial charge in [0.15, 0.2) is 15.5 Å². The first kappa shape index (κ1) is 89.2. The maximum atomic E-state index is 3.86. The van der Waals surface area contributed by atoms with Gasteiger partial charge in [-0.15, -0.1) is 37.9 Å². The molecule has 1 heterocycles. The number of nitrogens with zero attached hydrogens (tertiary/aromatic N) is 3. The van der Waals surface area contributed by atoms with E-state index in [1.165, 1.54) is 0 Å². The van der Waals surface area contributed by atoms with Gasteiger partial charge in [0.05, 0.1) is 0 Å². The molecule has 21 heavy (non-hydrogen) atoms. The number of rotatable bonds is 0. The van der Waals surface area contributed by atoms with Crippen molar-refractivity contribution in [3.63, 3.8) is 0 Å². The molecule has 0 spiro atoms. The maximum absolute atomic E-state index is 3.86. The Labute approximate surface area is 203 Å². The average molecular weight is 411 g/mol. The molecule has 18 N–H and O–H groups in total. The van der Waals surface area contributed by atoms with Gasteiger partial charge in [0.2, 0.25) is 0 Å². The second-order valence-electron chi connectivity index (χ2n) is 1.24. The van der Waals surface area contributed by atoms with Gasteiger partial charge in [-0.1, -0.05) is 0 Å². The van der Waals surface area contributed by atoms with E-state index >= 15 is 0 Å². The van der Waals surface area contributed by atoms with Crippen LogP contribution in [0.4, 0.5) is 0 Å². The fraction of sp³-hybridized carbons (Fsp3) is 0. The van der Waals surface area contributed by atoms with Crippen molar-refractivity contribution in [2.75, 3.05) is 0 Å². The first-order chi connectivity index (χ1) is 4.18. The fourth-order valence-corrected chi connectivity index (χ4v) is 1.15. The first-order valence-electron chi connectivity index (χ1n) is 2.01. The van der Waals surface area contributed by atoms with Crippen LogP contribution in [0.5, 0.6) is 0 Å². The van der Waals surface area contributed by atoms with Gasteiger partial charge in [-0.25, -0.2) is 0 Å². The van der Waals surface area contributed by atoms with Gasteiger partial charge in [-0.3, -0.25) is 0 Å². The second kappa shape index (κ2) is 49.5. The number of aromatic nitrogens is 3. The molecule has 0 saturated heterocycles. The molecule has 0 aliphatic rings. The third-order valence-corrected chi connectivity index (χ3v) is 1.20. The minimum absolute atomic E-state index is 0. The van der Waals surface area contributed by atoms with Crippen molar-refractivity contribution in [2.45, 2.75) is 15.5 Å². The van der Waals surface area contributed by atoms with Crippen molar-refractivity contribution in [3.05, 3.63) is 0 Å². The SMILES string of the molecule is O.O.O.O.O.O.O.O.O.Sc1nc(S)nc(S)n1.[NaH].[NaH].[NaH]. The molecule has 0 aromatic carbocycles. The molecule has 18 heteroatoms. The van der Waals surface area contributed by atoms with Crippen molar-refractivity contribution >= 4 is 127 Å². The quantitative estimate of drug-likeness (QED) is 0.276. The zero-order valence-corrected chi connectivity index (χ0v) is 11.4. The van der Waals surface area contributed by atoms with Crippen LogP contribution in [-0.4, -0.2) is 153 Å². The van der Waals surface area contributed by atoms with E-state index in [0.717, 1.165) is 0 Å². The van der Waals surface area contributed by atoms with Gasteiger partial charge in [-0.05, 0) is 0 Å². The molecule has 126 valence electrons. The molecule has 0 amide bonds. The van der Waals surface area contributed by atoms with Gasteiger partial charge < -0.3 is 49.3 Å². The van der Waals surface area contributed by atoms with Crippen molar-refractivity contribution in [2.24, 2.45) is 0 Å². The van der Waals surface area contributed by atoms with Crippen molar-refractivity contribution < 1.29 is 49.3 Å². The molecule has 0 radical (unpaired) electrons. The van der Waals surface area contributed by atoms with E-state index in [4.69, 9.17) is 0 Å². The van der Waals surface area contributed by atoms with E-state index in [9.17, 15) is 0 Å². The Kier molecular flexibility index (Phi) is 210. The van der Waals surface area contributed by atoms with Crippen LogP contribution in [0.15, 0.2) is 15.5 Å². The second-order valence-corrected chi connectivity index (χ2v) is 2.44. The van der Waals surface area contributed by atoms with E-state index in [1.54, 1.807) is 0 Å². The van der Waals surface area contributed by atoms with E-state index in [-0.39, 0.29) is 138 Å². The Morgan fingerprint density at radius 1 is 0.381 bits per heavy atom. The van der Waals surface area contributed by atoms with E-state index in [1.807, 2.05) is 0 Å². The molecule has 1 aromatic heterocycles. The summed E-state index contributed by atoms with van der Waals surface area (Å²) in [5.74, 6) is 0. The summed E-state index contributed by atoms with van der Waals surface area (Å²) in [4.78, 5) is 11.1. The molecular weight excluding hydrogens is 387 g/mol. The molecule has 0 fully saturated rings. The Hall–Kier alpha value is 2.70. The van der Waals surface area contributed by atoms with E-state index in [2.05, 4.69) is 52.8 Å². The van der Waals surface area contributed by atoms with Gasteiger partial charge in [0, 0.05) is 0 Å². The molecule has 0 bridgehead atoms. The van der Waals surface area contributed by atoms with Crippen molar-refractivity contribution in [1.29, 1.82) is 0 Å². The van der Waals surface area contributed by atoms with Gasteiger partial charge in [0.25, 0.3) is 0 Å². The number of hydrogen-bond acceptors (Lipinski definition) is 6. The number of thiol groups is 3. The van der Waals surface area contributed by atoms with Gasteiger partial charge >= 0.3 is 88.7 Å². The van der Waals surface area contributed by atoms with Crippen LogP contribution in [0.2, 0.25) is 0 Å². The summed E-state index contributed by atoms with van der Waals surface area (Å²) < 4.78 is 0. The van der Waals surface area contributed by atoms with Crippen LogP contribution >= 0.6 is 37.9 Å². The van der Waals surface area contributed by atoms with Crippen molar-refractivity contribution in [1.82, 2.24) is 15.0 Å². The van der Waals surface area contributed by atoms with E-state index < -0.39 is 0 Å². The third-order valence-electron chi connectivity index (χ3n) is 0.600. The summed E-state index contributed by atoms with van der Waals surface area (Å²) in [5.41, 5.74) is 0. The van der Waals surface area contributed by atoms with Crippen LogP contribution in [0.1, 0.15) is 0 Å². The van der Waals surface area contributed by atoms with Gasteiger partial charge in [0.1, 0.15) is 0 Å². The Balaban J connectivity index is -0.00000000675. The topological polar surface area (TPSA) is 322 Å². The average Bonchev–Trinajstić information content (AvgIpc) is 1.59. The zero-order valence-electron chi connectivity index (χ0n) is 8.68. The molecule has 12 nitrogen and oxygen atoms in total. The van der Waals surface area contributed by atoms with Crippen molar-refractivity contribution in [3.8, 4) is 0 Å². The summed E-state index contributed by atoms with van der Waals surface area (Å²) in [7, 11) is 0. The first-order valence-corrected chi connectivity index (χ1v) is 3.35. The molecule has 0 unspecified atom stereocenters. The van der Waals surface area contributed by atoms with Crippen LogP contribution < -0.4 is 0 Å². The molecule has 0 aliphatic carbocycles. The van der Waals surface area contributed by atoms with Crippen LogP contribution in [-0.2, 0) is 0 Å². The van der Waals surface area contributed by atoms with Gasteiger partial charge in [-0.2, -0.15) is 15.0 Å². The summed E-state index contributed by atoms with van der Waals surface area (Å²) in [5, 5.41) is 1.00. The molecular formula is C3H24N3Na3O9S3. The summed E-state index contributed by atoms with van der Waals surface area (Å²) in [6, 6.07) is 0. The summed E-state index contributed by atoms with van der Waals surface area (Å²) >= 11 is 11.6. The molecule has 1 aromatic rings. The standard InChI is InChI=1S/C3H3N3S3.3Na.9H2O.3H/c7-1-4-2(8)6-3(9)5-1;;;;;;;;;;;;;;;/h(H3,4,5,6,7,8,9);;;;9*1H2;;;. The Morgan fingerprint density at radius 2 is 0.476 bits per heavy atom. The Bertz CT molecular complexity index is 205. The van der Waals surface area contributed by atoms with E-state index in [0.29, 0.717) is 15.5 Å². The summed E-state index contributed by atoms with van der Waals surface area (Å²) in [6.45, 7) is 0.